The van der Waals surface area contributed by atoms with Gasteiger partial charge in [0.05, 0.1) is 25.1 Å². The van der Waals surface area contributed by atoms with E-state index in [-0.39, 0.29) is 12.0 Å². The highest BCUT2D eigenvalue weighted by atomic mass is 79.9. The first-order chi connectivity index (χ1) is 11.4. The Morgan fingerprint density at radius 2 is 2.00 bits per heavy atom. The number of carbonyl (C=O) groups is 2. The number of amides is 1. The summed E-state index contributed by atoms with van der Waals surface area (Å²) in [5, 5.41) is 3.11. The number of rotatable bonds is 5. The van der Waals surface area contributed by atoms with E-state index in [1.807, 2.05) is 0 Å². The second kappa shape index (κ2) is 8.26. The van der Waals surface area contributed by atoms with E-state index in [0.717, 1.165) is 6.07 Å². The van der Waals surface area contributed by atoms with Crippen molar-refractivity contribution in [2.45, 2.75) is 12.5 Å². The molecule has 0 aliphatic rings. The monoisotopic (exact) mass is 413 g/mol. The van der Waals surface area contributed by atoms with Crippen molar-refractivity contribution in [3.63, 3.8) is 0 Å². The zero-order chi connectivity index (χ0) is 17.7. The molecule has 2 aromatic carbocycles. The van der Waals surface area contributed by atoms with Crippen LogP contribution in [-0.2, 0) is 9.53 Å². The first-order valence-corrected chi connectivity index (χ1v) is 8.16. The van der Waals surface area contributed by atoms with Gasteiger partial charge in [-0.3, -0.25) is 9.59 Å². The molecule has 7 heteroatoms. The van der Waals surface area contributed by atoms with Gasteiger partial charge in [-0.05, 0) is 45.8 Å². The second-order valence-corrected chi connectivity index (χ2v) is 6.21. The highest BCUT2D eigenvalue weighted by Crippen LogP contribution is 2.26. The molecule has 0 saturated carbocycles. The van der Waals surface area contributed by atoms with Crippen LogP contribution in [0.1, 0.15) is 28.4 Å². The minimum atomic E-state index is -0.700. The molecule has 0 bridgehead atoms. The molecule has 2 aromatic rings. The second-order valence-electron chi connectivity index (χ2n) is 4.95. The summed E-state index contributed by atoms with van der Waals surface area (Å²) in [5.74, 6) is -1.57. The van der Waals surface area contributed by atoms with Crippen LogP contribution < -0.4 is 5.32 Å². The van der Waals surface area contributed by atoms with Crippen molar-refractivity contribution in [1.29, 1.82) is 0 Å². The Morgan fingerprint density at radius 3 is 2.67 bits per heavy atom. The number of carbonyl (C=O) groups excluding carboxylic acids is 2. The quantitative estimate of drug-likeness (QED) is 0.743. The molecule has 1 amide bonds. The van der Waals surface area contributed by atoms with E-state index >= 15 is 0 Å². The van der Waals surface area contributed by atoms with Crippen LogP contribution in [0.2, 0.25) is 5.02 Å². The summed E-state index contributed by atoms with van der Waals surface area (Å²) in [5.41, 5.74) is 0.697. The molecule has 4 nitrogen and oxygen atoms in total. The number of nitrogens with one attached hydrogen (secondary N) is 1. The van der Waals surface area contributed by atoms with Gasteiger partial charge in [-0.1, -0.05) is 29.8 Å². The van der Waals surface area contributed by atoms with E-state index in [0.29, 0.717) is 15.1 Å². The molecule has 0 radical (unpaired) electrons. The fraction of sp³-hybridized carbons (Fsp3) is 0.176. The molecule has 0 aliphatic heterocycles. The zero-order valence-electron chi connectivity index (χ0n) is 12.7. The van der Waals surface area contributed by atoms with Gasteiger partial charge >= 0.3 is 5.97 Å². The third-order valence-electron chi connectivity index (χ3n) is 3.36. The molecule has 0 aromatic heterocycles. The topological polar surface area (TPSA) is 55.4 Å². The van der Waals surface area contributed by atoms with E-state index in [2.05, 4.69) is 26.0 Å². The van der Waals surface area contributed by atoms with E-state index in [1.54, 1.807) is 24.3 Å². The molecule has 0 aliphatic carbocycles. The molecule has 126 valence electrons. The maximum absolute atomic E-state index is 13.4. The van der Waals surface area contributed by atoms with Gasteiger partial charge in [0.25, 0.3) is 5.91 Å². The van der Waals surface area contributed by atoms with Crippen LogP contribution >= 0.6 is 27.5 Å². The van der Waals surface area contributed by atoms with Gasteiger partial charge < -0.3 is 10.1 Å². The van der Waals surface area contributed by atoms with Crippen LogP contribution in [0, 0.1) is 5.82 Å². The highest BCUT2D eigenvalue weighted by Gasteiger charge is 2.22. The van der Waals surface area contributed by atoms with Gasteiger partial charge in [0.2, 0.25) is 0 Å². The molecule has 1 N–H and O–H groups in total. The van der Waals surface area contributed by atoms with Crippen molar-refractivity contribution in [2.75, 3.05) is 7.11 Å². The SMILES string of the molecule is COC(=O)CC(NC(=O)c1cc(F)ccc1Br)c1ccccc1Cl. The first kappa shape index (κ1) is 18.4. The Kier molecular flexibility index (Phi) is 6.34. The predicted molar refractivity (Wildman–Crippen MR) is 92.4 cm³/mol. The number of hydrogen-bond donors (Lipinski definition) is 1. The zero-order valence-corrected chi connectivity index (χ0v) is 15.0. The molecular formula is C17H14BrClFNO3. The lowest BCUT2D eigenvalue weighted by Crippen LogP contribution is -2.31. The Labute approximate surface area is 152 Å². The Morgan fingerprint density at radius 1 is 1.29 bits per heavy atom. The van der Waals surface area contributed by atoms with E-state index in [1.165, 1.54) is 19.2 Å². The highest BCUT2D eigenvalue weighted by molar-refractivity contribution is 9.10. The van der Waals surface area contributed by atoms with Crippen molar-refractivity contribution in [3.05, 3.63) is 68.9 Å². The molecule has 0 heterocycles. The van der Waals surface area contributed by atoms with Gasteiger partial charge in [-0.2, -0.15) is 0 Å². The van der Waals surface area contributed by atoms with E-state index in [4.69, 9.17) is 11.6 Å². The fourth-order valence-electron chi connectivity index (χ4n) is 2.15. The van der Waals surface area contributed by atoms with Crippen molar-refractivity contribution >= 4 is 39.4 Å². The summed E-state index contributed by atoms with van der Waals surface area (Å²) < 4.78 is 18.5. The summed E-state index contributed by atoms with van der Waals surface area (Å²) in [6, 6.07) is 9.94. The van der Waals surface area contributed by atoms with Crippen LogP contribution in [0.25, 0.3) is 0 Å². The molecule has 2 rings (SSSR count). The number of halogens is 3. The fourth-order valence-corrected chi connectivity index (χ4v) is 2.85. The molecule has 1 unspecified atom stereocenters. The minimum absolute atomic E-state index is 0.0983. The van der Waals surface area contributed by atoms with Gasteiger partial charge in [0, 0.05) is 9.50 Å². The number of ether oxygens (including phenoxy) is 1. The van der Waals surface area contributed by atoms with Gasteiger partial charge in [-0.15, -0.1) is 0 Å². The van der Waals surface area contributed by atoms with E-state index < -0.39 is 23.7 Å². The first-order valence-electron chi connectivity index (χ1n) is 6.99. The third kappa shape index (κ3) is 4.55. The van der Waals surface area contributed by atoms with Crippen molar-refractivity contribution in [1.82, 2.24) is 5.32 Å². The van der Waals surface area contributed by atoms with Gasteiger partial charge in [-0.25, -0.2) is 4.39 Å². The van der Waals surface area contributed by atoms with Crippen LogP contribution in [0.4, 0.5) is 4.39 Å². The Hall–Kier alpha value is -1.92. The smallest absolute Gasteiger partial charge is 0.307 e. The Balaban J connectivity index is 2.31. The number of benzene rings is 2. The van der Waals surface area contributed by atoms with Gasteiger partial charge in [0.15, 0.2) is 0 Å². The Bertz CT molecular complexity index is 769. The predicted octanol–water partition coefficient (Wildman–Crippen LogP) is 4.28. The number of methoxy groups -OCH3 is 1. The number of hydrogen-bond acceptors (Lipinski definition) is 3. The van der Waals surface area contributed by atoms with Crippen LogP contribution in [-0.4, -0.2) is 19.0 Å². The maximum Gasteiger partial charge on any atom is 0.307 e. The number of esters is 1. The van der Waals surface area contributed by atoms with Gasteiger partial charge in [0.1, 0.15) is 5.82 Å². The standard InChI is InChI=1S/C17H14BrClFNO3/c1-24-16(22)9-15(11-4-2-3-5-14(11)19)21-17(23)12-8-10(20)6-7-13(12)18/h2-8,15H,9H2,1H3,(H,21,23). The van der Waals surface area contributed by atoms with Crippen molar-refractivity contribution in [3.8, 4) is 0 Å². The summed E-state index contributed by atoms with van der Waals surface area (Å²) in [6.45, 7) is 0. The van der Waals surface area contributed by atoms with Crippen molar-refractivity contribution < 1.29 is 18.7 Å². The van der Waals surface area contributed by atoms with Crippen molar-refractivity contribution in [2.24, 2.45) is 0 Å². The molecule has 1 atom stereocenters. The molecule has 24 heavy (non-hydrogen) atoms. The lowest BCUT2D eigenvalue weighted by Gasteiger charge is -2.20. The van der Waals surface area contributed by atoms with Crippen LogP contribution in [0.3, 0.4) is 0 Å². The molecule has 0 fully saturated rings. The molecular weight excluding hydrogens is 401 g/mol. The average molecular weight is 415 g/mol. The average Bonchev–Trinajstić information content (AvgIpc) is 2.56. The summed E-state index contributed by atoms with van der Waals surface area (Å²) in [7, 11) is 1.26. The molecule has 0 spiro atoms. The minimum Gasteiger partial charge on any atom is -0.469 e. The van der Waals surface area contributed by atoms with Crippen LogP contribution in [0.15, 0.2) is 46.9 Å². The summed E-state index contributed by atoms with van der Waals surface area (Å²) in [4.78, 5) is 24.1. The largest absolute Gasteiger partial charge is 0.469 e. The summed E-state index contributed by atoms with van der Waals surface area (Å²) >= 11 is 9.37. The lowest BCUT2D eigenvalue weighted by molar-refractivity contribution is -0.141. The normalized spacial score (nSPS) is 11.7. The maximum atomic E-state index is 13.4. The van der Waals surface area contributed by atoms with Crippen LogP contribution in [0.5, 0.6) is 0 Å². The lowest BCUT2D eigenvalue weighted by atomic mass is 10.0. The third-order valence-corrected chi connectivity index (χ3v) is 4.39. The molecule has 0 saturated heterocycles. The van der Waals surface area contributed by atoms with E-state index in [9.17, 15) is 14.0 Å². The summed E-state index contributed by atoms with van der Waals surface area (Å²) in [6.07, 6.45) is -0.0983.